The fraction of sp³-hybridized carbons (Fsp3) is 0.857. The molecule has 0 aromatic rings. The predicted octanol–water partition coefficient (Wildman–Crippen LogP) is -0.0608. The van der Waals surface area contributed by atoms with Crippen LogP contribution in [0, 0.1) is 5.92 Å². The molecule has 0 amide bonds. The van der Waals surface area contributed by atoms with Gasteiger partial charge in [0, 0.05) is 12.5 Å². The van der Waals surface area contributed by atoms with Gasteiger partial charge in [-0.3, -0.25) is 4.79 Å². The number of ketones is 1. The van der Waals surface area contributed by atoms with Crippen LogP contribution in [0.2, 0.25) is 0 Å². The molecule has 1 unspecified atom stereocenters. The summed E-state index contributed by atoms with van der Waals surface area (Å²) in [5.74, 6) is 0.206. The molecule has 58 valence electrons. The lowest BCUT2D eigenvalue weighted by Gasteiger charge is -2.08. The molecule has 0 aromatic heterocycles. The van der Waals surface area contributed by atoms with Crippen LogP contribution in [0.1, 0.15) is 13.3 Å². The van der Waals surface area contributed by atoms with Crippen molar-refractivity contribution < 1.29 is 9.53 Å². The number of Topliss-reactive ketones (excluding diaryl/α,β-unsaturated/α-hetero) is 1. The summed E-state index contributed by atoms with van der Waals surface area (Å²) >= 11 is 0. The van der Waals surface area contributed by atoms with Crippen molar-refractivity contribution >= 4 is 5.78 Å². The second-order valence-electron chi connectivity index (χ2n) is 2.75. The number of carbonyl (C=O) groups is 1. The maximum Gasteiger partial charge on any atom is 0.154 e. The molecule has 2 atom stereocenters. The van der Waals surface area contributed by atoms with Gasteiger partial charge in [0.1, 0.15) is 0 Å². The number of hydrogen-bond donors (Lipinski definition) is 1. The first-order chi connectivity index (χ1) is 4.72. The highest BCUT2D eigenvalue weighted by atomic mass is 16.5. The molecule has 1 heterocycles. The summed E-state index contributed by atoms with van der Waals surface area (Å²) in [4.78, 5) is 11.1. The van der Waals surface area contributed by atoms with Crippen molar-refractivity contribution in [2.45, 2.75) is 19.4 Å². The Morgan fingerprint density at radius 1 is 1.80 bits per heavy atom. The van der Waals surface area contributed by atoms with Gasteiger partial charge in [0.05, 0.1) is 12.6 Å². The highest BCUT2D eigenvalue weighted by Crippen LogP contribution is 2.13. The molecule has 0 aromatic carbocycles. The van der Waals surface area contributed by atoms with Gasteiger partial charge in [-0.2, -0.15) is 0 Å². The Bertz CT molecular complexity index is 128. The molecule has 0 spiro atoms. The van der Waals surface area contributed by atoms with Gasteiger partial charge in [-0.1, -0.05) is 0 Å². The lowest BCUT2D eigenvalue weighted by Crippen LogP contribution is -2.32. The van der Waals surface area contributed by atoms with Gasteiger partial charge in [0.25, 0.3) is 0 Å². The standard InChI is InChI=1S/C7H13NO2/c1-5(8)7(9)6-2-3-10-4-6/h5-6H,2-4,8H2,1H3/t5?,6-/m0/s1. The Morgan fingerprint density at radius 3 is 2.90 bits per heavy atom. The van der Waals surface area contributed by atoms with Crippen LogP contribution in [0.15, 0.2) is 0 Å². The number of carbonyl (C=O) groups excluding carboxylic acids is 1. The molecule has 0 aliphatic carbocycles. The Labute approximate surface area is 60.5 Å². The summed E-state index contributed by atoms with van der Waals surface area (Å²) < 4.78 is 5.05. The van der Waals surface area contributed by atoms with Crippen LogP contribution in [-0.2, 0) is 9.53 Å². The van der Waals surface area contributed by atoms with E-state index < -0.39 is 0 Å². The normalized spacial score (nSPS) is 28.4. The monoisotopic (exact) mass is 143 g/mol. The Morgan fingerprint density at radius 2 is 2.50 bits per heavy atom. The SMILES string of the molecule is CC(N)C(=O)[C@H]1CCOC1. The molecule has 1 saturated heterocycles. The fourth-order valence-corrected chi connectivity index (χ4v) is 1.13. The highest BCUT2D eigenvalue weighted by molar-refractivity contribution is 5.85. The van der Waals surface area contributed by atoms with Crippen LogP contribution in [0.5, 0.6) is 0 Å². The van der Waals surface area contributed by atoms with Gasteiger partial charge in [-0.05, 0) is 13.3 Å². The van der Waals surface area contributed by atoms with E-state index >= 15 is 0 Å². The molecule has 3 heteroatoms. The molecule has 3 nitrogen and oxygen atoms in total. The lowest BCUT2D eigenvalue weighted by molar-refractivity contribution is -0.123. The minimum Gasteiger partial charge on any atom is -0.381 e. The maximum atomic E-state index is 11.1. The van der Waals surface area contributed by atoms with Crippen molar-refractivity contribution in [3.05, 3.63) is 0 Å². The highest BCUT2D eigenvalue weighted by Gasteiger charge is 2.25. The molecule has 1 aliphatic heterocycles. The number of rotatable bonds is 2. The van der Waals surface area contributed by atoms with Crippen LogP contribution in [0.3, 0.4) is 0 Å². The third-order valence-electron chi connectivity index (χ3n) is 1.78. The Kier molecular flexibility index (Phi) is 2.40. The Hall–Kier alpha value is -0.410. The van der Waals surface area contributed by atoms with Gasteiger partial charge in [0.2, 0.25) is 0 Å². The van der Waals surface area contributed by atoms with Crippen LogP contribution >= 0.6 is 0 Å². The third-order valence-corrected chi connectivity index (χ3v) is 1.78. The van der Waals surface area contributed by atoms with Crippen molar-refractivity contribution in [2.75, 3.05) is 13.2 Å². The molecule has 1 aliphatic rings. The average molecular weight is 143 g/mol. The van der Waals surface area contributed by atoms with E-state index in [0.29, 0.717) is 13.2 Å². The molecule has 10 heavy (non-hydrogen) atoms. The molecule has 0 saturated carbocycles. The van der Waals surface area contributed by atoms with E-state index in [9.17, 15) is 4.79 Å². The quantitative estimate of drug-likeness (QED) is 0.589. The predicted molar refractivity (Wildman–Crippen MR) is 37.6 cm³/mol. The first-order valence-corrected chi connectivity index (χ1v) is 3.59. The number of nitrogens with two attached hydrogens (primary N) is 1. The summed E-state index contributed by atoms with van der Waals surface area (Å²) in [7, 11) is 0. The zero-order chi connectivity index (χ0) is 7.56. The topological polar surface area (TPSA) is 52.3 Å². The second-order valence-corrected chi connectivity index (χ2v) is 2.75. The Balaban J connectivity index is 2.40. The van der Waals surface area contributed by atoms with E-state index in [2.05, 4.69) is 0 Å². The molecular formula is C7H13NO2. The molecule has 1 rings (SSSR count). The molecule has 0 radical (unpaired) electrons. The van der Waals surface area contributed by atoms with E-state index in [1.807, 2.05) is 0 Å². The smallest absolute Gasteiger partial charge is 0.154 e. The summed E-state index contributed by atoms with van der Waals surface area (Å²) in [6, 6.07) is -0.327. The van der Waals surface area contributed by atoms with Gasteiger partial charge in [-0.15, -0.1) is 0 Å². The van der Waals surface area contributed by atoms with Crippen LogP contribution in [0.4, 0.5) is 0 Å². The number of hydrogen-bond acceptors (Lipinski definition) is 3. The van der Waals surface area contributed by atoms with Crippen LogP contribution < -0.4 is 5.73 Å². The number of ether oxygens (including phenoxy) is 1. The average Bonchev–Trinajstić information content (AvgIpc) is 2.36. The molecule has 1 fully saturated rings. The fourth-order valence-electron chi connectivity index (χ4n) is 1.13. The lowest BCUT2D eigenvalue weighted by atomic mass is 9.99. The van der Waals surface area contributed by atoms with Gasteiger partial charge < -0.3 is 10.5 Å². The van der Waals surface area contributed by atoms with E-state index in [-0.39, 0.29) is 17.7 Å². The van der Waals surface area contributed by atoms with E-state index in [4.69, 9.17) is 10.5 Å². The van der Waals surface area contributed by atoms with E-state index in [1.54, 1.807) is 6.92 Å². The van der Waals surface area contributed by atoms with Crippen molar-refractivity contribution in [2.24, 2.45) is 11.7 Å². The third kappa shape index (κ3) is 1.55. The largest absolute Gasteiger partial charge is 0.381 e. The minimum absolute atomic E-state index is 0.0694. The molecular weight excluding hydrogens is 130 g/mol. The van der Waals surface area contributed by atoms with E-state index in [0.717, 1.165) is 6.42 Å². The van der Waals surface area contributed by atoms with Crippen LogP contribution in [-0.4, -0.2) is 25.0 Å². The van der Waals surface area contributed by atoms with Gasteiger partial charge in [-0.25, -0.2) is 0 Å². The summed E-state index contributed by atoms with van der Waals surface area (Å²) in [5, 5.41) is 0. The summed E-state index contributed by atoms with van der Waals surface area (Å²) in [5.41, 5.74) is 5.41. The second kappa shape index (κ2) is 3.12. The van der Waals surface area contributed by atoms with Crippen LogP contribution in [0.25, 0.3) is 0 Å². The minimum atomic E-state index is -0.327. The molecule has 0 bridgehead atoms. The van der Waals surface area contributed by atoms with Crippen molar-refractivity contribution in [3.8, 4) is 0 Å². The molecule has 2 N–H and O–H groups in total. The van der Waals surface area contributed by atoms with Crippen molar-refractivity contribution in [1.82, 2.24) is 0 Å². The van der Waals surface area contributed by atoms with Crippen molar-refractivity contribution in [3.63, 3.8) is 0 Å². The van der Waals surface area contributed by atoms with E-state index in [1.165, 1.54) is 0 Å². The summed E-state index contributed by atoms with van der Waals surface area (Å²) in [6.07, 6.45) is 0.848. The zero-order valence-corrected chi connectivity index (χ0v) is 6.17. The maximum absolute atomic E-state index is 11.1. The first-order valence-electron chi connectivity index (χ1n) is 3.59. The van der Waals surface area contributed by atoms with Crippen molar-refractivity contribution in [1.29, 1.82) is 0 Å². The van der Waals surface area contributed by atoms with Gasteiger partial charge >= 0.3 is 0 Å². The van der Waals surface area contributed by atoms with Gasteiger partial charge in [0.15, 0.2) is 5.78 Å². The summed E-state index contributed by atoms with van der Waals surface area (Å²) in [6.45, 7) is 3.00. The zero-order valence-electron chi connectivity index (χ0n) is 6.17. The first kappa shape index (κ1) is 7.69.